The molecule has 0 radical (unpaired) electrons. The van der Waals surface area contributed by atoms with E-state index in [1.54, 1.807) is 23.6 Å². The first-order valence-corrected chi connectivity index (χ1v) is 6.63. The first kappa shape index (κ1) is 12.8. The molecule has 0 bridgehead atoms. The Bertz CT molecular complexity index is 527. The number of halogens is 2. The van der Waals surface area contributed by atoms with Crippen molar-refractivity contribution >= 4 is 34.5 Å². The zero-order valence-corrected chi connectivity index (χ0v) is 11.7. The van der Waals surface area contributed by atoms with E-state index in [1.165, 1.54) is 0 Å². The van der Waals surface area contributed by atoms with E-state index in [1.807, 2.05) is 13.2 Å². The van der Waals surface area contributed by atoms with Crippen molar-refractivity contribution < 1.29 is 0 Å². The molecule has 6 heteroatoms. The standard InChI is InChI=1S/C11H11Cl2N3S/c1-6(14-2)9-5-16-11(17-9)10-8(13)3-7(12)4-15-10/h3-6,14H,1-2H3. The van der Waals surface area contributed by atoms with Crippen LogP contribution in [0, 0.1) is 0 Å². The molecular formula is C11H11Cl2N3S. The predicted molar refractivity (Wildman–Crippen MR) is 72.8 cm³/mol. The molecule has 0 saturated heterocycles. The van der Waals surface area contributed by atoms with Gasteiger partial charge in [-0.3, -0.25) is 4.98 Å². The average molecular weight is 288 g/mol. The van der Waals surface area contributed by atoms with E-state index in [0.717, 1.165) is 9.88 Å². The largest absolute Gasteiger partial charge is 0.312 e. The summed E-state index contributed by atoms with van der Waals surface area (Å²) < 4.78 is 0. The fourth-order valence-electron chi connectivity index (χ4n) is 1.31. The van der Waals surface area contributed by atoms with Gasteiger partial charge in [0, 0.05) is 23.3 Å². The lowest BCUT2D eigenvalue weighted by atomic mass is 10.3. The highest BCUT2D eigenvalue weighted by Gasteiger charge is 2.13. The van der Waals surface area contributed by atoms with Crippen LogP contribution >= 0.6 is 34.5 Å². The number of hydrogen-bond acceptors (Lipinski definition) is 4. The summed E-state index contributed by atoms with van der Waals surface area (Å²) in [6.45, 7) is 2.08. The summed E-state index contributed by atoms with van der Waals surface area (Å²) in [5.41, 5.74) is 0.676. The Kier molecular flexibility index (Phi) is 3.99. The molecule has 0 aromatic carbocycles. The average Bonchev–Trinajstić information content (AvgIpc) is 2.77. The van der Waals surface area contributed by atoms with E-state index in [9.17, 15) is 0 Å². The van der Waals surface area contributed by atoms with Gasteiger partial charge >= 0.3 is 0 Å². The van der Waals surface area contributed by atoms with Gasteiger partial charge in [0.05, 0.1) is 10.0 Å². The quantitative estimate of drug-likeness (QED) is 0.933. The monoisotopic (exact) mass is 287 g/mol. The molecule has 0 aliphatic carbocycles. The molecule has 2 heterocycles. The molecule has 0 saturated carbocycles. The van der Waals surface area contributed by atoms with E-state index in [4.69, 9.17) is 23.2 Å². The molecular weight excluding hydrogens is 277 g/mol. The SMILES string of the molecule is CNC(C)c1cnc(-c2ncc(Cl)cc2Cl)s1. The van der Waals surface area contributed by atoms with Crippen LogP contribution < -0.4 is 5.32 Å². The fraction of sp³-hybridized carbons (Fsp3) is 0.273. The van der Waals surface area contributed by atoms with Crippen LogP contribution in [0.4, 0.5) is 0 Å². The maximum atomic E-state index is 6.09. The highest BCUT2D eigenvalue weighted by atomic mass is 35.5. The summed E-state index contributed by atoms with van der Waals surface area (Å²) in [5, 5.41) is 5.03. The molecule has 0 spiro atoms. The minimum Gasteiger partial charge on any atom is -0.312 e. The van der Waals surface area contributed by atoms with Gasteiger partial charge in [0.15, 0.2) is 0 Å². The van der Waals surface area contributed by atoms with Crippen molar-refractivity contribution in [2.24, 2.45) is 0 Å². The molecule has 2 aromatic rings. The predicted octanol–water partition coefficient (Wildman–Crippen LogP) is 3.79. The molecule has 1 atom stereocenters. The van der Waals surface area contributed by atoms with Crippen LogP contribution in [0.2, 0.25) is 10.0 Å². The van der Waals surface area contributed by atoms with Crippen molar-refractivity contribution in [1.29, 1.82) is 0 Å². The Morgan fingerprint density at radius 3 is 2.71 bits per heavy atom. The van der Waals surface area contributed by atoms with Crippen molar-refractivity contribution in [3.05, 3.63) is 33.4 Å². The molecule has 1 N–H and O–H groups in total. The van der Waals surface area contributed by atoms with Gasteiger partial charge in [-0.1, -0.05) is 23.2 Å². The Balaban J connectivity index is 2.37. The Morgan fingerprint density at radius 2 is 2.06 bits per heavy atom. The van der Waals surface area contributed by atoms with Gasteiger partial charge in [-0.2, -0.15) is 0 Å². The van der Waals surface area contributed by atoms with E-state index < -0.39 is 0 Å². The zero-order chi connectivity index (χ0) is 12.4. The van der Waals surface area contributed by atoms with E-state index in [2.05, 4.69) is 22.2 Å². The second kappa shape index (κ2) is 5.31. The number of thiazole rings is 1. The molecule has 0 aliphatic rings. The molecule has 3 nitrogen and oxygen atoms in total. The van der Waals surface area contributed by atoms with Crippen LogP contribution in [0.1, 0.15) is 17.8 Å². The summed E-state index contributed by atoms with van der Waals surface area (Å²) in [5.74, 6) is 0. The van der Waals surface area contributed by atoms with Crippen LogP contribution in [0.3, 0.4) is 0 Å². The number of pyridine rings is 1. The number of hydrogen-bond donors (Lipinski definition) is 1. The molecule has 0 amide bonds. The van der Waals surface area contributed by atoms with Crippen LogP contribution in [-0.4, -0.2) is 17.0 Å². The molecule has 0 aliphatic heterocycles. The van der Waals surface area contributed by atoms with Gasteiger partial charge in [-0.05, 0) is 20.0 Å². The molecule has 90 valence electrons. The number of nitrogens with one attached hydrogen (secondary N) is 1. The lowest BCUT2D eigenvalue weighted by molar-refractivity contribution is 0.662. The first-order valence-electron chi connectivity index (χ1n) is 5.06. The third-order valence-corrected chi connectivity index (χ3v) is 4.08. The van der Waals surface area contributed by atoms with E-state index >= 15 is 0 Å². The van der Waals surface area contributed by atoms with Crippen LogP contribution in [0.15, 0.2) is 18.5 Å². The van der Waals surface area contributed by atoms with Gasteiger partial charge in [0.2, 0.25) is 0 Å². The van der Waals surface area contributed by atoms with E-state index in [0.29, 0.717) is 15.7 Å². The normalized spacial score (nSPS) is 12.7. The smallest absolute Gasteiger partial charge is 0.143 e. The van der Waals surface area contributed by atoms with Crippen molar-refractivity contribution in [3.8, 4) is 10.7 Å². The second-order valence-electron chi connectivity index (χ2n) is 3.56. The minimum absolute atomic E-state index is 0.271. The van der Waals surface area contributed by atoms with Gasteiger partial charge < -0.3 is 5.32 Å². The minimum atomic E-state index is 0.271. The molecule has 2 aromatic heterocycles. The molecule has 2 rings (SSSR count). The first-order chi connectivity index (χ1) is 8.11. The Hall–Kier alpha value is -0.680. The number of aromatic nitrogens is 2. The lowest BCUT2D eigenvalue weighted by Crippen LogP contribution is -2.10. The number of rotatable bonds is 3. The summed E-state index contributed by atoms with van der Waals surface area (Å²) in [6.07, 6.45) is 3.42. The zero-order valence-electron chi connectivity index (χ0n) is 9.37. The van der Waals surface area contributed by atoms with Crippen molar-refractivity contribution in [2.45, 2.75) is 13.0 Å². The molecule has 1 unspecified atom stereocenters. The van der Waals surface area contributed by atoms with Crippen LogP contribution in [0.5, 0.6) is 0 Å². The fourth-order valence-corrected chi connectivity index (χ4v) is 2.82. The van der Waals surface area contributed by atoms with Gasteiger partial charge in [0.25, 0.3) is 0 Å². The summed E-state index contributed by atoms with van der Waals surface area (Å²) in [4.78, 5) is 9.69. The molecule has 0 fully saturated rings. The third kappa shape index (κ3) is 2.77. The number of nitrogens with zero attached hydrogens (tertiary/aromatic N) is 2. The van der Waals surface area contributed by atoms with Gasteiger partial charge in [0.1, 0.15) is 10.7 Å². The van der Waals surface area contributed by atoms with Crippen molar-refractivity contribution in [3.63, 3.8) is 0 Å². The summed E-state index contributed by atoms with van der Waals surface area (Å²) in [6, 6.07) is 1.95. The Labute approximate surface area is 114 Å². The van der Waals surface area contributed by atoms with Crippen molar-refractivity contribution in [1.82, 2.24) is 15.3 Å². The highest BCUT2D eigenvalue weighted by molar-refractivity contribution is 7.15. The Morgan fingerprint density at radius 1 is 1.29 bits per heavy atom. The highest BCUT2D eigenvalue weighted by Crippen LogP contribution is 2.32. The maximum Gasteiger partial charge on any atom is 0.143 e. The second-order valence-corrected chi connectivity index (χ2v) is 5.47. The van der Waals surface area contributed by atoms with Gasteiger partial charge in [-0.25, -0.2) is 4.98 Å². The topological polar surface area (TPSA) is 37.8 Å². The van der Waals surface area contributed by atoms with Crippen LogP contribution in [-0.2, 0) is 0 Å². The molecule has 17 heavy (non-hydrogen) atoms. The van der Waals surface area contributed by atoms with Crippen LogP contribution in [0.25, 0.3) is 10.7 Å². The summed E-state index contributed by atoms with van der Waals surface area (Å²) in [7, 11) is 1.91. The third-order valence-electron chi connectivity index (χ3n) is 2.39. The lowest BCUT2D eigenvalue weighted by Gasteiger charge is -2.04. The van der Waals surface area contributed by atoms with E-state index in [-0.39, 0.29) is 6.04 Å². The van der Waals surface area contributed by atoms with Crippen molar-refractivity contribution in [2.75, 3.05) is 7.05 Å². The summed E-state index contributed by atoms with van der Waals surface area (Å²) >= 11 is 13.5. The maximum absolute atomic E-state index is 6.09. The van der Waals surface area contributed by atoms with Gasteiger partial charge in [-0.15, -0.1) is 11.3 Å².